The molecule has 0 amide bonds. The summed E-state index contributed by atoms with van der Waals surface area (Å²) in [6, 6.07) is 11.6. The van der Waals surface area contributed by atoms with Crippen LogP contribution in [0.25, 0.3) is 0 Å². The van der Waals surface area contributed by atoms with Crippen LogP contribution < -0.4 is 14.8 Å². The van der Waals surface area contributed by atoms with Gasteiger partial charge in [-0.25, -0.2) is 8.42 Å². The van der Waals surface area contributed by atoms with E-state index >= 15 is 0 Å². The number of nitrogens with zero attached hydrogens (tertiary/aromatic N) is 1. The number of sulfonamides is 1. The van der Waals surface area contributed by atoms with Crippen molar-refractivity contribution in [1.82, 2.24) is 0 Å². The first kappa shape index (κ1) is 24.0. The molecule has 0 saturated carbocycles. The number of halogens is 1. The Labute approximate surface area is 186 Å². The third-order valence-corrected chi connectivity index (χ3v) is 6.79. The summed E-state index contributed by atoms with van der Waals surface area (Å²) in [6.07, 6.45) is 2.23. The molecular weight excluding hydrogens is 472 g/mol. The number of benzene rings is 2. The predicted molar refractivity (Wildman–Crippen MR) is 121 cm³/mol. The molecule has 164 valence electrons. The molecular formula is C21H27BrN2O5S. The highest BCUT2D eigenvalue weighted by atomic mass is 79.9. The standard InChI is InChI=1S/C21H27BrN2O5S/c1-3-29-21(25)7-5-4-6-14-24(18-11-8-16(22)9-12-18)30(26,27)20-15-17(23)10-13-19(20)28-2/h8-13,15H,3-7,14,23H2,1-2H3. The van der Waals surface area contributed by atoms with Crippen LogP contribution in [0.2, 0.25) is 0 Å². The highest BCUT2D eigenvalue weighted by Crippen LogP contribution is 2.32. The number of carbonyl (C=O) groups excluding carboxylic acids is 1. The van der Waals surface area contributed by atoms with Gasteiger partial charge < -0.3 is 15.2 Å². The molecule has 0 radical (unpaired) electrons. The minimum Gasteiger partial charge on any atom is -0.495 e. The lowest BCUT2D eigenvalue weighted by Gasteiger charge is -2.25. The molecule has 0 unspecified atom stereocenters. The molecule has 0 bridgehead atoms. The van der Waals surface area contributed by atoms with Crippen molar-refractivity contribution in [2.24, 2.45) is 0 Å². The van der Waals surface area contributed by atoms with E-state index in [-0.39, 0.29) is 23.2 Å². The van der Waals surface area contributed by atoms with E-state index in [9.17, 15) is 13.2 Å². The number of hydrogen-bond donors (Lipinski definition) is 1. The molecule has 0 aliphatic carbocycles. The molecule has 0 heterocycles. The maximum Gasteiger partial charge on any atom is 0.305 e. The summed E-state index contributed by atoms with van der Waals surface area (Å²) in [6.45, 7) is 2.38. The second-order valence-electron chi connectivity index (χ2n) is 6.58. The minimum atomic E-state index is -3.92. The van der Waals surface area contributed by atoms with Crippen LogP contribution in [0.5, 0.6) is 5.75 Å². The number of carbonyl (C=O) groups is 1. The Morgan fingerprint density at radius 2 is 1.80 bits per heavy atom. The Kier molecular flexibility index (Phi) is 8.98. The van der Waals surface area contributed by atoms with Crippen molar-refractivity contribution in [3.05, 3.63) is 46.9 Å². The van der Waals surface area contributed by atoms with Crippen molar-refractivity contribution in [2.75, 3.05) is 30.3 Å². The summed E-state index contributed by atoms with van der Waals surface area (Å²) in [5.74, 6) is -0.00647. The van der Waals surface area contributed by atoms with Gasteiger partial charge in [0.2, 0.25) is 0 Å². The maximum atomic E-state index is 13.5. The fourth-order valence-electron chi connectivity index (χ4n) is 2.94. The van der Waals surface area contributed by atoms with E-state index in [4.69, 9.17) is 15.2 Å². The van der Waals surface area contributed by atoms with Crippen molar-refractivity contribution >= 4 is 43.3 Å². The molecule has 0 saturated heterocycles. The van der Waals surface area contributed by atoms with Crippen molar-refractivity contribution in [1.29, 1.82) is 0 Å². The van der Waals surface area contributed by atoms with E-state index in [0.29, 0.717) is 43.7 Å². The number of ether oxygens (including phenoxy) is 2. The highest BCUT2D eigenvalue weighted by molar-refractivity contribution is 9.10. The number of methoxy groups -OCH3 is 1. The molecule has 0 atom stereocenters. The SMILES string of the molecule is CCOC(=O)CCCCCN(c1ccc(Br)cc1)S(=O)(=O)c1cc(N)ccc1OC. The average Bonchev–Trinajstić information content (AvgIpc) is 2.71. The van der Waals surface area contributed by atoms with Crippen LogP contribution in [0.4, 0.5) is 11.4 Å². The molecule has 0 aromatic heterocycles. The van der Waals surface area contributed by atoms with Gasteiger partial charge >= 0.3 is 5.97 Å². The smallest absolute Gasteiger partial charge is 0.305 e. The molecule has 2 aromatic carbocycles. The summed E-state index contributed by atoms with van der Waals surface area (Å²) in [4.78, 5) is 11.5. The van der Waals surface area contributed by atoms with Crippen LogP contribution in [0.3, 0.4) is 0 Å². The second kappa shape index (κ2) is 11.2. The van der Waals surface area contributed by atoms with E-state index in [1.54, 1.807) is 43.3 Å². The van der Waals surface area contributed by atoms with E-state index in [1.807, 2.05) is 0 Å². The molecule has 9 heteroatoms. The third-order valence-electron chi connectivity index (χ3n) is 4.42. The fourth-order valence-corrected chi connectivity index (χ4v) is 4.90. The number of esters is 1. The maximum absolute atomic E-state index is 13.5. The van der Waals surface area contributed by atoms with Crippen molar-refractivity contribution in [3.63, 3.8) is 0 Å². The largest absolute Gasteiger partial charge is 0.495 e. The Hall–Kier alpha value is -2.26. The van der Waals surface area contributed by atoms with Gasteiger partial charge in [0.05, 0.1) is 19.4 Å². The topological polar surface area (TPSA) is 98.9 Å². The molecule has 2 rings (SSSR count). The molecule has 2 aromatic rings. The van der Waals surface area contributed by atoms with E-state index < -0.39 is 10.0 Å². The number of anilines is 2. The zero-order chi connectivity index (χ0) is 22.1. The Bertz CT molecular complexity index is 948. The molecule has 0 spiro atoms. The first-order chi connectivity index (χ1) is 14.3. The van der Waals surface area contributed by atoms with E-state index in [0.717, 1.165) is 4.47 Å². The van der Waals surface area contributed by atoms with Gasteiger partial charge in [0.25, 0.3) is 10.0 Å². The average molecular weight is 499 g/mol. The summed E-state index contributed by atoms with van der Waals surface area (Å²) >= 11 is 3.37. The van der Waals surface area contributed by atoms with E-state index in [2.05, 4.69) is 15.9 Å². The summed E-state index contributed by atoms with van der Waals surface area (Å²) in [5.41, 5.74) is 6.71. The number of nitrogen functional groups attached to an aromatic ring is 1. The Morgan fingerprint density at radius 3 is 2.43 bits per heavy atom. The van der Waals surface area contributed by atoms with Gasteiger partial charge in [-0.1, -0.05) is 22.4 Å². The molecule has 0 aliphatic rings. The van der Waals surface area contributed by atoms with Gasteiger partial charge in [-0.15, -0.1) is 0 Å². The van der Waals surface area contributed by atoms with Crippen LogP contribution in [0, 0.1) is 0 Å². The van der Waals surface area contributed by atoms with Gasteiger partial charge in [0.15, 0.2) is 0 Å². The lowest BCUT2D eigenvalue weighted by atomic mass is 10.2. The molecule has 30 heavy (non-hydrogen) atoms. The first-order valence-corrected chi connectivity index (χ1v) is 11.9. The first-order valence-electron chi connectivity index (χ1n) is 9.67. The number of nitrogens with two attached hydrogens (primary N) is 1. The van der Waals surface area contributed by atoms with Crippen molar-refractivity contribution < 1.29 is 22.7 Å². The van der Waals surface area contributed by atoms with E-state index in [1.165, 1.54) is 17.5 Å². The van der Waals surface area contributed by atoms with Gasteiger partial charge in [-0.05, 0) is 62.2 Å². The lowest BCUT2D eigenvalue weighted by Crippen LogP contribution is -2.32. The zero-order valence-electron chi connectivity index (χ0n) is 17.1. The summed E-state index contributed by atoms with van der Waals surface area (Å²) < 4.78 is 39.4. The van der Waals surface area contributed by atoms with Crippen LogP contribution >= 0.6 is 15.9 Å². The van der Waals surface area contributed by atoms with Crippen LogP contribution in [-0.4, -0.2) is 34.6 Å². The number of hydrogen-bond acceptors (Lipinski definition) is 6. The van der Waals surface area contributed by atoms with Crippen molar-refractivity contribution in [2.45, 2.75) is 37.5 Å². The summed E-state index contributed by atoms with van der Waals surface area (Å²) in [5, 5.41) is 0. The van der Waals surface area contributed by atoms with Crippen LogP contribution in [0.15, 0.2) is 51.8 Å². The molecule has 0 fully saturated rings. The number of unbranched alkanes of at least 4 members (excludes halogenated alkanes) is 2. The monoisotopic (exact) mass is 498 g/mol. The zero-order valence-corrected chi connectivity index (χ0v) is 19.5. The predicted octanol–water partition coefficient (Wildman–Crippen LogP) is 4.36. The van der Waals surface area contributed by atoms with Gasteiger partial charge in [-0.3, -0.25) is 9.10 Å². The normalized spacial score (nSPS) is 11.2. The fraction of sp³-hybridized carbons (Fsp3) is 0.381. The second-order valence-corrected chi connectivity index (χ2v) is 9.33. The Balaban J connectivity index is 2.25. The minimum absolute atomic E-state index is 0.0134. The highest BCUT2D eigenvalue weighted by Gasteiger charge is 2.28. The van der Waals surface area contributed by atoms with Gasteiger partial charge in [-0.2, -0.15) is 0 Å². The summed E-state index contributed by atoms with van der Waals surface area (Å²) in [7, 11) is -2.50. The Morgan fingerprint density at radius 1 is 1.10 bits per heavy atom. The molecule has 0 aliphatic heterocycles. The van der Waals surface area contributed by atoms with Crippen LogP contribution in [-0.2, 0) is 19.6 Å². The van der Waals surface area contributed by atoms with Crippen molar-refractivity contribution in [3.8, 4) is 5.75 Å². The quantitative estimate of drug-likeness (QED) is 0.280. The third kappa shape index (κ3) is 6.37. The molecule has 2 N–H and O–H groups in total. The van der Waals surface area contributed by atoms with Gasteiger partial charge in [0, 0.05) is 23.1 Å². The lowest BCUT2D eigenvalue weighted by molar-refractivity contribution is -0.143. The van der Waals surface area contributed by atoms with Crippen LogP contribution in [0.1, 0.15) is 32.6 Å². The number of rotatable bonds is 11. The van der Waals surface area contributed by atoms with Gasteiger partial charge in [0.1, 0.15) is 10.6 Å². The molecule has 7 nitrogen and oxygen atoms in total.